The lowest BCUT2D eigenvalue weighted by Gasteiger charge is -2.27. The van der Waals surface area contributed by atoms with Crippen LogP contribution in [0.15, 0.2) is 0 Å². The minimum Gasteiger partial charge on any atom is -0.341 e. The highest BCUT2D eigenvalue weighted by Gasteiger charge is 2.27. The zero-order valence-corrected chi connectivity index (χ0v) is 10.1. The second-order valence-electron chi connectivity index (χ2n) is 4.53. The van der Waals surface area contributed by atoms with Crippen LogP contribution in [-0.2, 0) is 14.6 Å². The van der Waals surface area contributed by atoms with E-state index in [1.165, 1.54) is 0 Å². The SMILES string of the molecule is O=C(CC1CCCN1)N1CCS(=O)(=O)CC1. The third-order valence-corrected chi connectivity index (χ3v) is 4.89. The molecule has 2 heterocycles. The summed E-state index contributed by atoms with van der Waals surface area (Å²) in [5.74, 6) is 0.336. The molecule has 0 aromatic rings. The molecule has 0 aromatic heterocycles. The fraction of sp³-hybridized carbons (Fsp3) is 0.900. The Morgan fingerprint density at radius 3 is 2.56 bits per heavy atom. The van der Waals surface area contributed by atoms with Gasteiger partial charge < -0.3 is 10.2 Å². The number of amides is 1. The Labute approximate surface area is 96.1 Å². The monoisotopic (exact) mass is 246 g/mol. The van der Waals surface area contributed by atoms with Gasteiger partial charge in [-0.25, -0.2) is 8.42 Å². The summed E-state index contributed by atoms with van der Waals surface area (Å²) in [6, 6.07) is 0.297. The maximum atomic E-state index is 11.9. The van der Waals surface area contributed by atoms with Crippen molar-refractivity contribution < 1.29 is 13.2 Å². The summed E-state index contributed by atoms with van der Waals surface area (Å²) in [4.78, 5) is 13.5. The summed E-state index contributed by atoms with van der Waals surface area (Å²) in [5.41, 5.74) is 0. The minimum atomic E-state index is -2.89. The molecule has 6 heteroatoms. The van der Waals surface area contributed by atoms with Crippen molar-refractivity contribution >= 4 is 15.7 Å². The number of hydrogen-bond acceptors (Lipinski definition) is 4. The van der Waals surface area contributed by atoms with Crippen molar-refractivity contribution in [2.45, 2.75) is 25.3 Å². The normalized spacial score (nSPS) is 29.2. The molecule has 1 amide bonds. The van der Waals surface area contributed by atoms with Crippen molar-refractivity contribution in [3.8, 4) is 0 Å². The predicted molar refractivity (Wildman–Crippen MR) is 60.9 cm³/mol. The van der Waals surface area contributed by atoms with Gasteiger partial charge in [0.25, 0.3) is 0 Å². The van der Waals surface area contributed by atoms with Crippen molar-refractivity contribution in [3.05, 3.63) is 0 Å². The second-order valence-corrected chi connectivity index (χ2v) is 6.83. The molecule has 0 radical (unpaired) electrons. The maximum Gasteiger partial charge on any atom is 0.224 e. The third kappa shape index (κ3) is 2.95. The molecule has 0 aliphatic carbocycles. The smallest absolute Gasteiger partial charge is 0.224 e. The van der Waals surface area contributed by atoms with Gasteiger partial charge in [-0.05, 0) is 19.4 Å². The van der Waals surface area contributed by atoms with E-state index in [4.69, 9.17) is 0 Å². The number of nitrogens with one attached hydrogen (secondary N) is 1. The van der Waals surface area contributed by atoms with Crippen LogP contribution in [0.2, 0.25) is 0 Å². The summed E-state index contributed by atoms with van der Waals surface area (Å²) < 4.78 is 22.4. The van der Waals surface area contributed by atoms with Gasteiger partial charge in [-0.2, -0.15) is 0 Å². The van der Waals surface area contributed by atoms with Gasteiger partial charge in [-0.15, -0.1) is 0 Å². The molecule has 1 atom stereocenters. The Balaban J connectivity index is 1.82. The van der Waals surface area contributed by atoms with Gasteiger partial charge in [0.2, 0.25) is 5.91 Å². The minimum absolute atomic E-state index is 0.0919. The van der Waals surface area contributed by atoms with E-state index in [-0.39, 0.29) is 17.4 Å². The number of carbonyl (C=O) groups excluding carboxylic acids is 1. The molecular formula is C10H18N2O3S. The number of sulfone groups is 1. The summed E-state index contributed by atoms with van der Waals surface area (Å²) >= 11 is 0. The lowest BCUT2D eigenvalue weighted by atomic mass is 10.1. The maximum absolute atomic E-state index is 11.9. The van der Waals surface area contributed by atoms with Crippen LogP contribution < -0.4 is 5.32 Å². The number of rotatable bonds is 2. The zero-order chi connectivity index (χ0) is 11.6. The lowest BCUT2D eigenvalue weighted by Crippen LogP contribution is -2.45. The van der Waals surface area contributed by atoms with Crippen LogP contribution in [-0.4, -0.2) is 56.4 Å². The molecule has 1 unspecified atom stereocenters. The molecule has 16 heavy (non-hydrogen) atoms. The van der Waals surface area contributed by atoms with Gasteiger partial charge in [0.15, 0.2) is 9.84 Å². The van der Waals surface area contributed by atoms with E-state index in [0.29, 0.717) is 25.6 Å². The Morgan fingerprint density at radius 2 is 2.00 bits per heavy atom. The van der Waals surface area contributed by atoms with Gasteiger partial charge in [-0.1, -0.05) is 0 Å². The molecule has 5 nitrogen and oxygen atoms in total. The van der Waals surface area contributed by atoms with Crippen LogP contribution in [0.4, 0.5) is 0 Å². The van der Waals surface area contributed by atoms with Crippen LogP contribution in [0.25, 0.3) is 0 Å². The fourth-order valence-electron chi connectivity index (χ4n) is 2.23. The molecular weight excluding hydrogens is 228 g/mol. The van der Waals surface area contributed by atoms with Crippen LogP contribution in [0.1, 0.15) is 19.3 Å². The first-order valence-electron chi connectivity index (χ1n) is 5.78. The van der Waals surface area contributed by atoms with E-state index < -0.39 is 9.84 Å². The molecule has 2 aliphatic heterocycles. The van der Waals surface area contributed by atoms with Crippen molar-refractivity contribution in [3.63, 3.8) is 0 Å². The largest absolute Gasteiger partial charge is 0.341 e. The molecule has 2 saturated heterocycles. The fourth-order valence-corrected chi connectivity index (χ4v) is 3.43. The van der Waals surface area contributed by atoms with E-state index in [2.05, 4.69) is 5.32 Å². The zero-order valence-electron chi connectivity index (χ0n) is 9.31. The van der Waals surface area contributed by atoms with Crippen LogP contribution in [0, 0.1) is 0 Å². The standard InChI is InChI=1S/C10H18N2O3S/c13-10(8-9-2-1-3-11-9)12-4-6-16(14,15)7-5-12/h9,11H,1-8H2. The molecule has 0 aromatic carbocycles. The average Bonchev–Trinajstić information content (AvgIpc) is 2.70. The number of nitrogens with zero attached hydrogens (tertiary/aromatic N) is 1. The van der Waals surface area contributed by atoms with Gasteiger partial charge in [-0.3, -0.25) is 4.79 Å². The molecule has 0 spiro atoms. The summed E-state index contributed by atoms with van der Waals surface area (Å²) in [7, 11) is -2.89. The Kier molecular flexibility index (Phi) is 3.49. The first kappa shape index (κ1) is 11.9. The number of hydrogen-bond donors (Lipinski definition) is 1. The Morgan fingerprint density at radius 1 is 1.31 bits per heavy atom. The van der Waals surface area contributed by atoms with Crippen molar-refractivity contribution in [1.29, 1.82) is 0 Å². The molecule has 2 aliphatic rings. The van der Waals surface area contributed by atoms with Crippen LogP contribution in [0.5, 0.6) is 0 Å². The summed E-state index contributed by atoms with van der Waals surface area (Å²) in [5, 5.41) is 3.28. The Hall–Kier alpha value is -0.620. The van der Waals surface area contributed by atoms with Gasteiger partial charge in [0.1, 0.15) is 0 Å². The van der Waals surface area contributed by atoms with Crippen LogP contribution in [0.3, 0.4) is 0 Å². The van der Waals surface area contributed by atoms with E-state index >= 15 is 0 Å². The Bertz CT molecular complexity index is 346. The molecule has 2 rings (SSSR count). The first-order valence-corrected chi connectivity index (χ1v) is 7.60. The van der Waals surface area contributed by atoms with E-state index in [0.717, 1.165) is 19.4 Å². The van der Waals surface area contributed by atoms with Crippen molar-refractivity contribution in [2.75, 3.05) is 31.1 Å². The van der Waals surface area contributed by atoms with Gasteiger partial charge in [0.05, 0.1) is 11.5 Å². The topological polar surface area (TPSA) is 66.5 Å². The lowest BCUT2D eigenvalue weighted by molar-refractivity contribution is -0.131. The van der Waals surface area contributed by atoms with Gasteiger partial charge in [0, 0.05) is 25.6 Å². The second kappa shape index (κ2) is 4.71. The first-order chi connectivity index (χ1) is 7.57. The molecule has 1 N–H and O–H groups in total. The number of carbonyl (C=O) groups is 1. The van der Waals surface area contributed by atoms with E-state index in [1.807, 2.05) is 0 Å². The molecule has 0 bridgehead atoms. The van der Waals surface area contributed by atoms with E-state index in [9.17, 15) is 13.2 Å². The predicted octanol–water partition coefficient (Wildman–Crippen LogP) is -0.614. The average molecular weight is 246 g/mol. The highest BCUT2D eigenvalue weighted by atomic mass is 32.2. The van der Waals surface area contributed by atoms with Gasteiger partial charge >= 0.3 is 0 Å². The third-order valence-electron chi connectivity index (χ3n) is 3.28. The molecule has 2 fully saturated rings. The highest BCUT2D eigenvalue weighted by Crippen LogP contribution is 2.12. The van der Waals surface area contributed by atoms with Crippen molar-refractivity contribution in [2.24, 2.45) is 0 Å². The molecule has 92 valence electrons. The quantitative estimate of drug-likeness (QED) is 0.705. The van der Waals surface area contributed by atoms with E-state index in [1.54, 1.807) is 4.90 Å². The van der Waals surface area contributed by atoms with Crippen molar-refractivity contribution in [1.82, 2.24) is 10.2 Å². The summed E-state index contributed by atoms with van der Waals surface area (Å²) in [6.07, 6.45) is 2.70. The summed E-state index contributed by atoms with van der Waals surface area (Å²) in [6.45, 7) is 1.73. The molecule has 0 saturated carbocycles. The highest BCUT2D eigenvalue weighted by molar-refractivity contribution is 7.91. The van der Waals surface area contributed by atoms with Crippen LogP contribution >= 0.6 is 0 Å².